The summed E-state index contributed by atoms with van der Waals surface area (Å²) in [5.74, 6) is -1.70. The van der Waals surface area contributed by atoms with Gasteiger partial charge in [-0.2, -0.15) is 13.2 Å². The van der Waals surface area contributed by atoms with Gasteiger partial charge in [-0.3, -0.25) is 0 Å². The minimum absolute atomic E-state index is 0. The van der Waals surface area contributed by atoms with Gasteiger partial charge in [0.1, 0.15) is 0 Å². The third-order valence-corrected chi connectivity index (χ3v) is 1.20. The third kappa shape index (κ3) is 2.83. The molecule has 0 amide bonds. The normalized spacial score (nSPS) is 10.8. The highest BCUT2D eigenvalue weighted by Gasteiger charge is 2.31. The smallest absolute Gasteiger partial charge is 0.381 e. The largest absolute Gasteiger partial charge is 0.417 e. The number of rotatable bonds is 0. The Bertz CT molecular complexity index is 299. The lowest BCUT2D eigenvalue weighted by atomic mass is 10.3. The molecular weight excluding hydrogens is 256 g/mol. The van der Waals surface area contributed by atoms with Crippen molar-refractivity contribution >= 4 is 22.8 Å². The highest BCUT2D eigenvalue weighted by molar-refractivity contribution is 8.93. The van der Waals surface area contributed by atoms with Crippen molar-refractivity contribution in [3.8, 4) is 0 Å². The Balaban J connectivity index is 0.00000144. The fourth-order valence-corrected chi connectivity index (χ4v) is 0.604. The van der Waals surface area contributed by atoms with Gasteiger partial charge in [-0.25, -0.2) is 9.37 Å². The molecule has 13 heavy (non-hydrogen) atoms. The van der Waals surface area contributed by atoms with Crippen molar-refractivity contribution in [2.75, 3.05) is 5.73 Å². The standard InChI is InChI=1S/C6H4F4N2.BrH/c7-4-1-3(6(8,9)10)2-12-5(4)11;/h1-2H,(H2,11,12);1H. The maximum atomic E-state index is 12.4. The van der Waals surface area contributed by atoms with E-state index in [1.54, 1.807) is 0 Å². The van der Waals surface area contributed by atoms with Crippen molar-refractivity contribution in [2.45, 2.75) is 6.18 Å². The number of alkyl halides is 3. The number of pyridine rings is 1. The van der Waals surface area contributed by atoms with Crippen LogP contribution in [0.4, 0.5) is 23.4 Å². The Labute approximate surface area is 81.5 Å². The second-order valence-corrected chi connectivity index (χ2v) is 2.09. The fraction of sp³-hybridized carbons (Fsp3) is 0.167. The summed E-state index contributed by atoms with van der Waals surface area (Å²) in [6.45, 7) is 0. The molecule has 0 bridgehead atoms. The van der Waals surface area contributed by atoms with Gasteiger partial charge in [0.15, 0.2) is 11.6 Å². The molecule has 0 aliphatic carbocycles. The van der Waals surface area contributed by atoms with E-state index < -0.39 is 23.4 Å². The molecule has 0 unspecified atom stereocenters. The Kier molecular flexibility index (Phi) is 3.65. The summed E-state index contributed by atoms with van der Waals surface area (Å²) in [6, 6.07) is 0.308. The Morgan fingerprint density at radius 2 is 1.85 bits per heavy atom. The predicted octanol–water partition coefficient (Wildman–Crippen LogP) is 2.40. The van der Waals surface area contributed by atoms with Crippen LogP contribution in [0.15, 0.2) is 12.3 Å². The van der Waals surface area contributed by atoms with E-state index in [4.69, 9.17) is 5.73 Å². The maximum absolute atomic E-state index is 12.4. The van der Waals surface area contributed by atoms with Crippen molar-refractivity contribution in [3.05, 3.63) is 23.6 Å². The van der Waals surface area contributed by atoms with Crippen LogP contribution in [0.3, 0.4) is 0 Å². The van der Waals surface area contributed by atoms with Crippen LogP contribution in [-0.4, -0.2) is 4.98 Å². The summed E-state index contributed by atoms with van der Waals surface area (Å²) >= 11 is 0. The van der Waals surface area contributed by atoms with E-state index in [0.29, 0.717) is 12.3 Å². The molecule has 74 valence electrons. The zero-order valence-corrected chi connectivity index (χ0v) is 7.81. The monoisotopic (exact) mass is 260 g/mol. The minimum atomic E-state index is -4.58. The number of anilines is 1. The molecule has 0 fully saturated rings. The summed E-state index contributed by atoms with van der Waals surface area (Å²) < 4.78 is 48.0. The molecule has 2 nitrogen and oxygen atoms in total. The van der Waals surface area contributed by atoms with Crippen molar-refractivity contribution < 1.29 is 17.6 Å². The van der Waals surface area contributed by atoms with Gasteiger partial charge in [-0.05, 0) is 6.07 Å². The molecule has 0 aliphatic rings. The average Bonchev–Trinajstić information content (AvgIpc) is 1.92. The number of halogens is 5. The zero-order chi connectivity index (χ0) is 9.35. The first-order chi connectivity index (χ1) is 5.41. The highest BCUT2D eigenvalue weighted by atomic mass is 79.9. The van der Waals surface area contributed by atoms with E-state index in [2.05, 4.69) is 4.98 Å². The summed E-state index contributed by atoms with van der Waals surface area (Å²) in [5, 5.41) is 0. The lowest BCUT2D eigenvalue weighted by Gasteiger charge is -2.05. The molecule has 0 aromatic carbocycles. The number of hydrogen-bond donors (Lipinski definition) is 1. The molecule has 7 heteroatoms. The molecule has 0 saturated heterocycles. The number of nitrogen functional groups attached to an aromatic ring is 1. The summed E-state index contributed by atoms with van der Waals surface area (Å²) in [4.78, 5) is 3.03. The van der Waals surface area contributed by atoms with Gasteiger partial charge in [0, 0.05) is 6.20 Å². The van der Waals surface area contributed by atoms with E-state index in [1.807, 2.05) is 0 Å². The fourth-order valence-electron chi connectivity index (χ4n) is 0.604. The van der Waals surface area contributed by atoms with Crippen LogP contribution in [-0.2, 0) is 6.18 Å². The van der Waals surface area contributed by atoms with Gasteiger partial charge in [0.05, 0.1) is 5.56 Å². The molecule has 0 atom stereocenters. The molecule has 0 saturated carbocycles. The molecular formula is C6H5BrF4N2. The molecule has 1 heterocycles. The first kappa shape index (κ1) is 12.2. The lowest BCUT2D eigenvalue weighted by molar-refractivity contribution is -0.138. The van der Waals surface area contributed by atoms with Crippen LogP contribution in [0.2, 0.25) is 0 Å². The van der Waals surface area contributed by atoms with Crippen LogP contribution >= 0.6 is 17.0 Å². The van der Waals surface area contributed by atoms with Gasteiger partial charge >= 0.3 is 6.18 Å². The van der Waals surface area contributed by atoms with Gasteiger partial charge in [-0.1, -0.05) is 0 Å². The first-order valence-corrected chi connectivity index (χ1v) is 2.89. The van der Waals surface area contributed by atoms with Crippen LogP contribution in [0, 0.1) is 5.82 Å². The second-order valence-electron chi connectivity index (χ2n) is 2.09. The topological polar surface area (TPSA) is 38.9 Å². The van der Waals surface area contributed by atoms with E-state index in [9.17, 15) is 17.6 Å². The van der Waals surface area contributed by atoms with E-state index in [1.165, 1.54) is 0 Å². The number of aromatic nitrogens is 1. The van der Waals surface area contributed by atoms with Crippen molar-refractivity contribution in [1.29, 1.82) is 0 Å². The number of nitrogens with zero attached hydrogens (tertiary/aromatic N) is 1. The van der Waals surface area contributed by atoms with Crippen LogP contribution in [0.25, 0.3) is 0 Å². The second kappa shape index (κ2) is 3.91. The molecule has 1 aromatic heterocycles. The minimum Gasteiger partial charge on any atom is -0.381 e. The summed E-state index contributed by atoms with van der Waals surface area (Å²) in [5.41, 5.74) is 3.73. The Hall–Kier alpha value is -0.850. The van der Waals surface area contributed by atoms with Crippen molar-refractivity contribution in [3.63, 3.8) is 0 Å². The molecule has 1 rings (SSSR count). The molecule has 0 spiro atoms. The van der Waals surface area contributed by atoms with Crippen molar-refractivity contribution in [1.82, 2.24) is 4.98 Å². The van der Waals surface area contributed by atoms with Gasteiger partial charge in [0.25, 0.3) is 0 Å². The maximum Gasteiger partial charge on any atom is 0.417 e. The van der Waals surface area contributed by atoms with Gasteiger partial charge < -0.3 is 5.73 Å². The Morgan fingerprint density at radius 3 is 2.23 bits per heavy atom. The highest BCUT2D eigenvalue weighted by Crippen LogP contribution is 2.29. The third-order valence-electron chi connectivity index (χ3n) is 1.20. The lowest BCUT2D eigenvalue weighted by Crippen LogP contribution is -2.07. The van der Waals surface area contributed by atoms with E-state index in [-0.39, 0.29) is 17.0 Å². The number of hydrogen-bond acceptors (Lipinski definition) is 2. The zero-order valence-electron chi connectivity index (χ0n) is 6.10. The molecule has 0 radical (unpaired) electrons. The van der Waals surface area contributed by atoms with Crippen molar-refractivity contribution in [2.24, 2.45) is 0 Å². The Morgan fingerprint density at radius 1 is 1.31 bits per heavy atom. The SMILES string of the molecule is Br.Nc1ncc(C(F)(F)F)cc1F. The average molecular weight is 261 g/mol. The molecule has 1 aromatic rings. The molecule has 0 aliphatic heterocycles. The quantitative estimate of drug-likeness (QED) is 0.728. The first-order valence-electron chi connectivity index (χ1n) is 2.89. The van der Waals surface area contributed by atoms with Gasteiger partial charge in [-0.15, -0.1) is 17.0 Å². The number of nitrogens with two attached hydrogens (primary N) is 1. The van der Waals surface area contributed by atoms with Gasteiger partial charge in [0.2, 0.25) is 0 Å². The van der Waals surface area contributed by atoms with Crippen LogP contribution < -0.4 is 5.73 Å². The molecule has 2 N–H and O–H groups in total. The van der Waals surface area contributed by atoms with E-state index >= 15 is 0 Å². The summed E-state index contributed by atoms with van der Waals surface area (Å²) in [7, 11) is 0. The van der Waals surface area contributed by atoms with E-state index in [0.717, 1.165) is 0 Å². The predicted molar refractivity (Wildman–Crippen MR) is 43.9 cm³/mol. The van der Waals surface area contributed by atoms with Crippen LogP contribution in [0.1, 0.15) is 5.56 Å². The summed E-state index contributed by atoms with van der Waals surface area (Å²) in [6.07, 6.45) is -4.10. The van der Waals surface area contributed by atoms with Crippen LogP contribution in [0.5, 0.6) is 0 Å².